The number of fused-ring (bicyclic) bond motifs is 1. The minimum atomic E-state index is -3.48. The topological polar surface area (TPSA) is 88.2 Å². The summed E-state index contributed by atoms with van der Waals surface area (Å²) in [7, 11) is -3.48. The summed E-state index contributed by atoms with van der Waals surface area (Å²) in [5, 5.41) is 2.98. The van der Waals surface area contributed by atoms with Crippen molar-refractivity contribution in [2.75, 3.05) is 50.0 Å². The lowest BCUT2D eigenvalue weighted by Crippen LogP contribution is -2.40. The Morgan fingerprint density at radius 3 is 2.72 bits per heavy atom. The summed E-state index contributed by atoms with van der Waals surface area (Å²) < 4.78 is 37.1. The van der Waals surface area contributed by atoms with Gasteiger partial charge in [0, 0.05) is 38.2 Å². The number of likely N-dealkylation sites (tertiary alicyclic amines) is 1. The maximum atomic E-state index is 12.3. The fourth-order valence-electron chi connectivity index (χ4n) is 4.47. The largest absolute Gasteiger partial charge is 0.486 e. The van der Waals surface area contributed by atoms with E-state index in [1.54, 1.807) is 18.2 Å². The van der Waals surface area contributed by atoms with Crippen LogP contribution in [0.3, 0.4) is 0 Å². The second-order valence-corrected chi connectivity index (χ2v) is 10.5. The van der Waals surface area contributed by atoms with Crippen molar-refractivity contribution in [1.82, 2.24) is 10.2 Å². The highest BCUT2D eigenvalue weighted by Crippen LogP contribution is 2.34. The van der Waals surface area contributed by atoms with Gasteiger partial charge in [-0.15, -0.1) is 0 Å². The number of rotatable bonds is 11. The Hall–Kier alpha value is -2.00. The molecule has 1 N–H and O–H groups in total. The van der Waals surface area contributed by atoms with Crippen molar-refractivity contribution in [1.29, 1.82) is 0 Å². The molecule has 2 heterocycles. The van der Waals surface area contributed by atoms with Gasteiger partial charge in [-0.2, -0.15) is 0 Å². The van der Waals surface area contributed by atoms with E-state index < -0.39 is 10.0 Å². The first kappa shape index (κ1) is 24.6. The van der Waals surface area contributed by atoms with Gasteiger partial charge in [-0.3, -0.25) is 9.10 Å². The highest BCUT2D eigenvalue weighted by atomic mass is 32.2. The number of ether oxygens (including phenoxy) is 2. The van der Waals surface area contributed by atoms with E-state index >= 15 is 0 Å². The Morgan fingerprint density at radius 2 is 1.97 bits per heavy atom. The average molecular weight is 468 g/mol. The van der Waals surface area contributed by atoms with Crippen molar-refractivity contribution >= 4 is 21.6 Å². The van der Waals surface area contributed by atoms with Crippen LogP contribution in [0.25, 0.3) is 0 Å². The number of amides is 1. The van der Waals surface area contributed by atoms with Gasteiger partial charge in [0.25, 0.3) is 0 Å². The number of benzene rings is 1. The van der Waals surface area contributed by atoms with Crippen molar-refractivity contribution < 1.29 is 22.7 Å². The normalized spacial score (nSPS) is 18.9. The molecule has 1 fully saturated rings. The first-order valence-electron chi connectivity index (χ1n) is 11.8. The van der Waals surface area contributed by atoms with E-state index in [4.69, 9.17) is 9.47 Å². The molecule has 1 aromatic rings. The van der Waals surface area contributed by atoms with Crippen LogP contribution in [0, 0.1) is 0 Å². The number of nitrogens with zero attached hydrogens (tertiary/aromatic N) is 2. The molecule has 0 spiro atoms. The summed E-state index contributed by atoms with van der Waals surface area (Å²) >= 11 is 0. The van der Waals surface area contributed by atoms with Crippen LogP contribution in [0.4, 0.5) is 5.69 Å². The van der Waals surface area contributed by atoms with Gasteiger partial charge in [-0.25, -0.2) is 8.42 Å². The third-order valence-corrected chi connectivity index (χ3v) is 7.34. The molecule has 8 nitrogen and oxygen atoms in total. The molecule has 32 heavy (non-hydrogen) atoms. The Labute approximate surface area is 192 Å². The minimum absolute atomic E-state index is 0.0358. The molecule has 0 aromatic heterocycles. The molecule has 0 radical (unpaired) electrons. The van der Waals surface area contributed by atoms with Gasteiger partial charge in [0.05, 0.1) is 11.9 Å². The molecule has 1 saturated heterocycles. The van der Waals surface area contributed by atoms with Gasteiger partial charge in [0.1, 0.15) is 13.2 Å². The minimum Gasteiger partial charge on any atom is -0.486 e. The average Bonchev–Trinajstić information content (AvgIpc) is 2.78. The van der Waals surface area contributed by atoms with Crippen molar-refractivity contribution in [2.24, 2.45) is 0 Å². The molecule has 1 amide bonds. The molecule has 180 valence electrons. The zero-order valence-corrected chi connectivity index (χ0v) is 20.2. The number of nitrogens with one attached hydrogen (secondary N) is 1. The molecule has 1 unspecified atom stereocenters. The van der Waals surface area contributed by atoms with E-state index in [0.29, 0.717) is 49.4 Å². The summed E-state index contributed by atoms with van der Waals surface area (Å²) in [6, 6.07) is 5.79. The molecule has 3 rings (SSSR count). The van der Waals surface area contributed by atoms with Gasteiger partial charge in [-0.1, -0.05) is 13.3 Å². The lowest BCUT2D eigenvalue weighted by Gasteiger charge is -2.35. The van der Waals surface area contributed by atoms with Crippen LogP contribution in [0.2, 0.25) is 0 Å². The summed E-state index contributed by atoms with van der Waals surface area (Å²) in [4.78, 5) is 14.8. The van der Waals surface area contributed by atoms with Crippen LogP contribution in [0.15, 0.2) is 18.2 Å². The second kappa shape index (κ2) is 11.7. The molecule has 0 saturated carbocycles. The maximum absolute atomic E-state index is 12.3. The highest BCUT2D eigenvalue weighted by Gasteiger charge is 2.22. The van der Waals surface area contributed by atoms with Crippen LogP contribution in [-0.4, -0.2) is 70.9 Å². The van der Waals surface area contributed by atoms with Crippen molar-refractivity contribution in [3.8, 4) is 11.5 Å². The number of carbonyl (C=O) groups is 1. The predicted molar refractivity (Wildman–Crippen MR) is 126 cm³/mol. The van der Waals surface area contributed by atoms with Crippen LogP contribution >= 0.6 is 0 Å². The van der Waals surface area contributed by atoms with Gasteiger partial charge in [0.2, 0.25) is 15.9 Å². The lowest BCUT2D eigenvalue weighted by atomic mass is 10.00. The number of hydrogen-bond donors (Lipinski definition) is 1. The number of anilines is 1. The smallest absolute Gasteiger partial charge is 0.232 e. The molecule has 0 bridgehead atoms. The van der Waals surface area contributed by atoms with Gasteiger partial charge < -0.3 is 19.7 Å². The fraction of sp³-hybridized carbons (Fsp3) is 0.696. The summed E-state index contributed by atoms with van der Waals surface area (Å²) in [5.41, 5.74) is 0.518. The zero-order chi connectivity index (χ0) is 23.0. The molecule has 2 aliphatic heterocycles. The SMILES string of the molecule is CCC1CCCCN1CCCNC(=O)CCCN(c1ccc2c(c1)OCCO2)S(C)(=O)=O. The lowest BCUT2D eigenvalue weighted by molar-refractivity contribution is -0.121. The summed E-state index contributed by atoms with van der Waals surface area (Å²) in [6.45, 7) is 6.23. The van der Waals surface area contributed by atoms with E-state index in [0.717, 1.165) is 19.5 Å². The third kappa shape index (κ3) is 7.00. The predicted octanol–water partition coefficient (Wildman–Crippen LogP) is 2.77. The number of hydrogen-bond acceptors (Lipinski definition) is 6. The molecule has 1 aromatic carbocycles. The first-order chi connectivity index (χ1) is 15.4. The van der Waals surface area contributed by atoms with Crippen LogP contribution in [0.1, 0.15) is 51.9 Å². The first-order valence-corrected chi connectivity index (χ1v) is 13.6. The van der Waals surface area contributed by atoms with Crippen LogP contribution in [0.5, 0.6) is 11.5 Å². The van der Waals surface area contributed by atoms with Gasteiger partial charge in [-0.05, 0) is 50.8 Å². The second-order valence-electron chi connectivity index (χ2n) is 8.56. The summed E-state index contributed by atoms with van der Waals surface area (Å²) in [5.74, 6) is 1.12. The Bertz CT molecular complexity index is 861. The van der Waals surface area contributed by atoms with E-state index in [9.17, 15) is 13.2 Å². The summed E-state index contributed by atoms with van der Waals surface area (Å²) in [6.07, 6.45) is 7.90. The standard InChI is InChI=1S/C23H37N3O5S/c1-3-19-8-4-5-13-25(19)14-7-12-24-23(27)9-6-15-26(32(2,28)29)20-10-11-21-22(18-20)31-17-16-30-21/h10-11,18-19H,3-9,12-17H2,1-2H3,(H,24,27). The molecular weight excluding hydrogens is 430 g/mol. The van der Waals surface area contributed by atoms with E-state index in [1.165, 1.54) is 36.2 Å². The quantitative estimate of drug-likeness (QED) is 0.504. The van der Waals surface area contributed by atoms with Gasteiger partial charge >= 0.3 is 0 Å². The van der Waals surface area contributed by atoms with E-state index in [-0.39, 0.29) is 18.9 Å². The molecular formula is C23H37N3O5S. The Morgan fingerprint density at radius 1 is 1.19 bits per heavy atom. The Balaban J connectivity index is 1.42. The number of piperidine rings is 1. The Kier molecular flexibility index (Phi) is 9.04. The van der Waals surface area contributed by atoms with Crippen LogP contribution < -0.4 is 19.1 Å². The van der Waals surface area contributed by atoms with Crippen LogP contribution in [-0.2, 0) is 14.8 Å². The number of carbonyl (C=O) groups excluding carboxylic acids is 1. The highest BCUT2D eigenvalue weighted by molar-refractivity contribution is 7.92. The van der Waals surface area contributed by atoms with Gasteiger partial charge in [0.15, 0.2) is 11.5 Å². The van der Waals surface area contributed by atoms with Crippen molar-refractivity contribution in [3.05, 3.63) is 18.2 Å². The molecule has 0 aliphatic carbocycles. The van der Waals surface area contributed by atoms with Crippen molar-refractivity contribution in [2.45, 2.75) is 57.9 Å². The monoisotopic (exact) mass is 467 g/mol. The maximum Gasteiger partial charge on any atom is 0.232 e. The molecule has 1 atom stereocenters. The number of sulfonamides is 1. The van der Waals surface area contributed by atoms with Crippen molar-refractivity contribution in [3.63, 3.8) is 0 Å². The molecule has 2 aliphatic rings. The zero-order valence-electron chi connectivity index (χ0n) is 19.3. The third-order valence-electron chi connectivity index (χ3n) is 6.14. The molecule has 9 heteroatoms. The van der Waals surface area contributed by atoms with E-state index in [2.05, 4.69) is 17.1 Å². The van der Waals surface area contributed by atoms with E-state index in [1.807, 2.05) is 0 Å². The fourth-order valence-corrected chi connectivity index (χ4v) is 5.43.